The maximum Gasteiger partial charge on any atom is 0.319 e. The van der Waals surface area contributed by atoms with E-state index in [0.717, 1.165) is 36.2 Å². The maximum atomic E-state index is 16.8. The number of fused-ring (bicyclic) bond motifs is 2. The number of carbonyl (C=O) groups is 1. The van der Waals surface area contributed by atoms with Gasteiger partial charge in [-0.2, -0.15) is 15.2 Å². The molecular weight excluding hydrogens is 660 g/mol. The Bertz CT molecular complexity index is 2140. The van der Waals surface area contributed by atoms with E-state index in [4.69, 9.17) is 21.3 Å². The zero-order valence-corrected chi connectivity index (χ0v) is 28.2. The Labute approximate surface area is 293 Å². The highest BCUT2D eigenvalue weighted by Gasteiger charge is 2.34. The summed E-state index contributed by atoms with van der Waals surface area (Å²) in [5, 5.41) is 12.3. The number of rotatable bonds is 8. The zero-order valence-electron chi connectivity index (χ0n) is 27.4. The number of likely N-dealkylation sites (tertiary alicyclic amines) is 1. The van der Waals surface area contributed by atoms with Crippen molar-refractivity contribution in [1.29, 1.82) is 5.26 Å². The predicted molar refractivity (Wildman–Crippen MR) is 190 cm³/mol. The Morgan fingerprint density at radius 3 is 2.64 bits per heavy atom. The normalized spacial score (nSPS) is 18.5. The lowest BCUT2D eigenvalue weighted by Crippen LogP contribution is -2.55. The van der Waals surface area contributed by atoms with E-state index < -0.39 is 23.6 Å². The van der Waals surface area contributed by atoms with Gasteiger partial charge in [0.1, 0.15) is 17.9 Å². The lowest BCUT2D eigenvalue weighted by Gasteiger charge is -2.41. The molecule has 0 aliphatic carbocycles. The summed E-state index contributed by atoms with van der Waals surface area (Å²) in [5.41, 5.74) is 1.34. The van der Waals surface area contributed by atoms with Crippen LogP contribution < -0.4 is 9.64 Å². The summed E-state index contributed by atoms with van der Waals surface area (Å²) in [6.45, 7) is 1.82. The molecule has 2 aliphatic rings. The van der Waals surface area contributed by atoms with Crippen molar-refractivity contribution in [2.45, 2.75) is 31.3 Å². The fourth-order valence-electron chi connectivity index (χ4n) is 6.90. The molecule has 254 valence electrons. The fourth-order valence-corrected chi connectivity index (χ4v) is 7.19. The van der Waals surface area contributed by atoms with Crippen molar-refractivity contribution in [2.24, 2.45) is 0 Å². The average molecular weight is 694 g/mol. The van der Waals surface area contributed by atoms with Crippen LogP contribution in [0.15, 0.2) is 78.8 Å². The summed E-state index contributed by atoms with van der Waals surface area (Å²) >= 11 is 6.62. The van der Waals surface area contributed by atoms with Gasteiger partial charge >= 0.3 is 6.01 Å². The first kappa shape index (κ1) is 33.3. The van der Waals surface area contributed by atoms with Crippen LogP contribution in [0.4, 0.5) is 14.6 Å². The van der Waals surface area contributed by atoms with E-state index in [0.29, 0.717) is 39.7 Å². The molecule has 5 aromatic rings. The van der Waals surface area contributed by atoms with Crippen LogP contribution >= 0.6 is 11.6 Å². The SMILES string of the molecule is CN1CCC[C@H]1COc1nc(N2CCN(C(=O)/C(F)=C/c3ccccn3)C(CC#N)C2)c2ccc(-c3cccc4cccc(Cl)c34)c(F)c2n1. The van der Waals surface area contributed by atoms with Crippen molar-refractivity contribution in [2.75, 3.05) is 44.7 Å². The number of nitriles is 1. The molecule has 9 nitrogen and oxygen atoms in total. The molecule has 1 amide bonds. The molecule has 0 N–H and O–H groups in total. The number of pyridine rings is 1. The minimum Gasteiger partial charge on any atom is -0.462 e. The standard InChI is InChI=1S/C38H34ClF2N7O2/c1-46-18-6-10-27(46)23-50-38-44-35-30(14-13-29(34(35)41)28-11-4-7-24-8-5-12-31(39)33(24)28)36(45-38)47-19-20-48(26(22-47)15-16-42)37(49)32(40)21-25-9-2-3-17-43-25/h2-5,7-9,11-14,17,21,26-27H,6,10,15,18-20,22-23H2,1H3/b32-21-/t26?,27-/m0/s1. The van der Waals surface area contributed by atoms with Crippen LogP contribution in [-0.4, -0.2) is 82.6 Å². The number of benzene rings is 3. The Morgan fingerprint density at radius 1 is 1.04 bits per heavy atom. The van der Waals surface area contributed by atoms with Crippen LogP contribution in [0.3, 0.4) is 0 Å². The molecule has 2 aromatic heterocycles. The summed E-state index contributed by atoms with van der Waals surface area (Å²) < 4.78 is 38.2. The molecule has 2 saturated heterocycles. The van der Waals surface area contributed by atoms with E-state index in [1.54, 1.807) is 36.4 Å². The monoisotopic (exact) mass is 693 g/mol. The fraction of sp³-hybridized carbons (Fsp3) is 0.289. The lowest BCUT2D eigenvalue weighted by molar-refractivity contribution is -0.131. The molecule has 2 fully saturated rings. The van der Waals surface area contributed by atoms with E-state index in [1.165, 1.54) is 11.1 Å². The molecule has 12 heteroatoms. The van der Waals surface area contributed by atoms with Crippen molar-refractivity contribution in [3.63, 3.8) is 0 Å². The summed E-state index contributed by atoms with van der Waals surface area (Å²) in [5.74, 6) is -1.93. The molecular formula is C38H34ClF2N7O2. The number of amides is 1. The third kappa shape index (κ3) is 6.56. The minimum atomic E-state index is -0.969. The summed E-state index contributed by atoms with van der Waals surface area (Å²) in [6.07, 6.45) is 4.58. The van der Waals surface area contributed by atoms with Gasteiger partial charge in [0.05, 0.1) is 24.2 Å². The molecule has 0 bridgehead atoms. The molecule has 7 rings (SSSR count). The van der Waals surface area contributed by atoms with Gasteiger partial charge in [-0.1, -0.05) is 54.1 Å². The van der Waals surface area contributed by atoms with Crippen LogP contribution in [0, 0.1) is 17.1 Å². The van der Waals surface area contributed by atoms with Crippen LogP contribution in [0.1, 0.15) is 25.0 Å². The van der Waals surface area contributed by atoms with Crippen molar-refractivity contribution >= 4 is 51.1 Å². The van der Waals surface area contributed by atoms with E-state index in [2.05, 4.69) is 20.9 Å². The minimum absolute atomic E-state index is 0.0273. The molecule has 0 spiro atoms. The zero-order chi connectivity index (χ0) is 34.8. The number of aromatic nitrogens is 3. The van der Waals surface area contributed by atoms with Gasteiger partial charge in [-0.05, 0) is 61.6 Å². The molecule has 1 unspecified atom stereocenters. The first-order valence-corrected chi connectivity index (χ1v) is 16.9. The average Bonchev–Trinajstić information content (AvgIpc) is 3.55. The van der Waals surface area contributed by atoms with E-state index in [-0.39, 0.29) is 43.6 Å². The third-order valence-electron chi connectivity index (χ3n) is 9.52. The second-order valence-corrected chi connectivity index (χ2v) is 13.0. The van der Waals surface area contributed by atoms with Gasteiger partial charge in [0.25, 0.3) is 5.91 Å². The number of carbonyl (C=O) groups excluding carboxylic acids is 1. The third-order valence-corrected chi connectivity index (χ3v) is 9.84. The molecule has 2 atom stereocenters. The summed E-state index contributed by atoms with van der Waals surface area (Å²) in [6, 6.07) is 21.3. The van der Waals surface area contributed by atoms with Gasteiger partial charge in [0.2, 0.25) is 0 Å². The van der Waals surface area contributed by atoms with Gasteiger partial charge in [0.15, 0.2) is 11.6 Å². The number of piperazine rings is 1. The van der Waals surface area contributed by atoms with Gasteiger partial charge in [-0.3, -0.25) is 9.78 Å². The Hall–Kier alpha value is -5.18. The number of hydrogen-bond acceptors (Lipinski definition) is 8. The molecule has 3 aromatic carbocycles. The highest BCUT2D eigenvalue weighted by molar-refractivity contribution is 6.36. The highest BCUT2D eigenvalue weighted by Crippen LogP contribution is 2.39. The molecule has 4 heterocycles. The Balaban J connectivity index is 1.27. The first-order valence-electron chi connectivity index (χ1n) is 16.5. The van der Waals surface area contributed by atoms with E-state index in [1.807, 2.05) is 42.3 Å². The molecule has 2 aliphatic heterocycles. The number of anilines is 1. The molecule has 50 heavy (non-hydrogen) atoms. The number of nitrogens with zero attached hydrogens (tertiary/aromatic N) is 7. The van der Waals surface area contributed by atoms with Gasteiger partial charge in [-0.25, -0.2) is 8.78 Å². The largest absolute Gasteiger partial charge is 0.462 e. The van der Waals surface area contributed by atoms with Crippen LogP contribution in [0.5, 0.6) is 6.01 Å². The quantitative estimate of drug-likeness (QED) is 0.160. The number of halogens is 3. The van der Waals surface area contributed by atoms with Gasteiger partial charge < -0.3 is 19.4 Å². The number of likely N-dealkylation sites (N-methyl/N-ethyl adjacent to an activating group) is 1. The maximum absolute atomic E-state index is 16.8. The van der Waals surface area contributed by atoms with Crippen molar-refractivity contribution in [3.05, 3.63) is 95.3 Å². The van der Waals surface area contributed by atoms with Crippen molar-refractivity contribution in [3.8, 4) is 23.2 Å². The van der Waals surface area contributed by atoms with Crippen molar-refractivity contribution in [1.82, 2.24) is 24.8 Å². The molecule has 0 radical (unpaired) electrons. The van der Waals surface area contributed by atoms with Crippen LogP contribution in [-0.2, 0) is 4.79 Å². The van der Waals surface area contributed by atoms with Gasteiger partial charge in [0, 0.05) is 59.3 Å². The summed E-state index contributed by atoms with van der Waals surface area (Å²) in [4.78, 5) is 32.2. The topological polar surface area (TPSA) is 98.5 Å². The Kier molecular flexibility index (Phi) is 9.57. The first-order chi connectivity index (χ1) is 24.3. The second-order valence-electron chi connectivity index (χ2n) is 12.6. The number of ether oxygens (including phenoxy) is 1. The Morgan fingerprint density at radius 2 is 1.88 bits per heavy atom. The highest BCUT2D eigenvalue weighted by atomic mass is 35.5. The predicted octanol–water partition coefficient (Wildman–Crippen LogP) is 7.05. The van der Waals surface area contributed by atoms with Gasteiger partial charge in [-0.15, -0.1) is 0 Å². The van der Waals surface area contributed by atoms with Crippen molar-refractivity contribution < 1.29 is 18.3 Å². The molecule has 0 saturated carbocycles. The number of hydrogen-bond donors (Lipinski definition) is 0. The van der Waals surface area contributed by atoms with Crippen LogP contribution in [0.2, 0.25) is 5.02 Å². The second kappa shape index (κ2) is 14.4. The smallest absolute Gasteiger partial charge is 0.319 e. The van der Waals surface area contributed by atoms with E-state index in [9.17, 15) is 10.1 Å². The lowest BCUT2D eigenvalue weighted by atomic mass is 9.96. The van der Waals surface area contributed by atoms with E-state index >= 15 is 8.78 Å². The summed E-state index contributed by atoms with van der Waals surface area (Å²) in [7, 11) is 2.04. The van der Waals surface area contributed by atoms with Crippen LogP contribution in [0.25, 0.3) is 38.9 Å².